The molecule has 0 aromatic heterocycles. The van der Waals surface area contributed by atoms with Crippen LogP contribution in [0, 0.1) is 17.5 Å². The Bertz CT molecular complexity index is 296. The highest BCUT2D eigenvalue weighted by Crippen LogP contribution is 2.38. The number of alkyl halides is 3. The maximum Gasteiger partial charge on any atom is 0.418 e. The van der Waals surface area contributed by atoms with Crippen LogP contribution in [-0.2, 0) is 0 Å². The van der Waals surface area contributed by atoms with Crippen LogP contribution < -0.4 is 0 Å². The summed E-state index contributed by atoms with van der Waals surface area (Å²) < 4.78 is 36.2. The maximum atomic E-state index is 12.1. The number of hydrogen-bond donors (Lipinski definition) is 0. The van der Waals surface area contributed by atoms with E-state index in [2.05, 4.69) is 10.2 Å². The lowest BCUT2D eigenvalue weighted by Gasteiger charge is -2.16. The van der Waals surface area contributed by atoms with Crippen molar-refractivity contribution in [2.45, 2.75) is 18.6 Å². The summed E-state index contributed by atoms with van der Waals surface area (Å²) in [5.74, 6) is 0. The molecule has 0 aromatic carbocycles. The Balaban J connectivity index is 3.06. The zero-order chi connectivity index (χ0) is 9.41. The third-order valence-corrected chi connectivity index (χ3v) is 1.40. The molecular formula is C6H3F3N3. The molecule has 1 unspecified atom stereocenters. The van der Waals surface area contributed by atoms with Gasteiger partial charge in [0.25, 0.3) is 0 Å². The Morgan fingerprint density at radius 3 is 2.50 bits per heavy atom. The van der Waals surface area contributed by atoms with Crippen molar-refractivity contribution in [3.8, 4) is 6.07 Å². The molecule has 12 heavy (non-hydrogen) atoms. The molecule has 1 radical (unpaired) electrons. The molecule has 0 saturated heterocycles. The lowest BCUT2D eigenvalue weighted by molar-refractivity contribution is -0.0973. The van der Waals surface area contributed by atoms with Gasteiger partial charge in [0.15, 0.2) is 5.54 Å². The minimum absolute atomic E-state index is 1.04. The van der Waals surface area contributed by atoms with Crippen molar-refractivity contribution < 1.29 is 13.2 Å². The van der Waals surface area contributed by atoms with Crippen LogP contribution in [0.15, 0.2) is 15.8 Å². The Morgan fingerprint density at radius 2 is 2.17 bits per heavy atom. The van der Waals surface area contributed by atoms with Crippen LogP contribution in [0.5, 0.6) is 0 Å². The van der Waals surface area contributed by atoms with E-state index in [0.717, 1.165) is 6.92 Å². The number of nitriles is 1. The molecule has 1 aliphatic rings. The Hall–Kier alpha value is -1.38. The molecule has 1 aliphatic heterocycles. The van der Waals surface area contributed by atoms with Gasteiger partial charge in [0.1, 0.15) is 11.8 Å². The molecule has 0 amide bonds. The van der Waals surface area contributed by atoms with Crippen molar-refractivity contribution in [3.63, 3.8) is 0 Å². The maximum absolute atomic E-state index is 12.1. The average molecular weight is 174 g/mol. The van der Waals surface area contributed by atoms with E-state index in [1.807, 2.05) is 0 Å². The van der Waals surface area contributed by atoms with E-state index in [0.29, 0.717) is 0 Å². The van der Waals surface area contributed by atoms with E-state index < -0.39 is 17.3 Å². The fraction of sp³-hybridized carbons (Fsp3) is 0.500. The van der Waals surface area contributed by atoms with Crippen LogP contribution in [0.1, 0.15) is 6.92 Å². The molecule has 0 bridgehead atoms. The van der Waals surface area contributed by atoms with E-state index in [4.69, 9.17) is 5.26 Å². The van der Waals surface area contributed by atoms with E-state index in [-0.39, 0.29) is 0 Å². The van der Waals surface area contributed by atoms with Crippen LogP contribution in [0.25, 0.3) is 0 Å². The normalized spacial score (nSPS) is 28.4. The minimum Gasteiger partial charge on any atom is -0.195 e. The van der Waals surface area contributed by atoms with Gasteiger partial charge < -0.3 is 0 Å². The van der Waals surface area contributed by atoms with E-state index >= 15 is 0 Å². The fourth-order valence-electron chi connectivity index (χ4n) is 0.751. The summed E-state index contributed by atoms with van der Waals surface area (Å²) >= 11 is 0. The first-order chi connectivity index (χ1) is 5.40. The van der Waals surface area contributed by atoms with E-state index in [9.17, 15) is 13.2 Å². The molecule has 0 fully saturated rings. The predicted octanol–water partition coefficient (Wildman–Crippen LogP) is 1.98. The number of halogens is 3. The highest BCUT2D eigenvalue weighted by atomic mass is 19.4. The zero-order valence-electron chi connectivity index (χ0n) is 5.98. The van der Waals surface area contributed by atoms with Gasteiger partial charge in [0, 0.05) is 0 Å². The van der Waals surface area contributed by atoms with Gasteiger partial charge in [-0.15, -0.1) is 0 Å². The van der Waals surface area contributed by atoms with Crippen LogP contribution >= 0.6 is 0 Å². The Labute approximate surface area is 66.2 Å². The second-order valence-corrected chi connectivity index (χ2v) is 2.37. The Kier molecular flexibility index (Phi) is 1.67. The smallest absolute Gasteiger partial charge is 0.195 e. The summed E-state index contributed by atoms with van der Waals surface area (Å²) in [7, 11) is 0. The summed E-state index contributed by atoms with van der Waals surface area (Å²) in [6.07, 6.45) is -2.92. The van der Waals surface area contributed by atoms with Crippen molar-refractivity contribution >= 4 is 0 Å². The number of azo groups is 1. The molecule has 63 valence electrons. The first kappa shape index (κ1) is 8.71. The summed E-state index contributed by atoms with van der Waals surface area (Å²) in [5.41, 5.74) is -3.06. The quantitative estimate of drug-likeness (QED) is 0.553. The number of rotatable bonds is 0. The van der Waals surface area contributed by atoms with Gasteiger partial charge >= 0.3 is 6.18 Å². The van der Waals surface area contributed by atoms with Crippen molar-refractivity contribution in [1.82, 2.24) is 0 Å². The number of hydrogen-bond acceptors (Lipinski definition) is 3. The second-order valence-electron chi connectivity index (χ2n) is 2.37. The van der Waals surface area contributed by atoms with E-state index in [1.54, 1.807) is 6.20 Å². The van der Waals surface area contributed by atoms with Crippen LogP contribution in [0.4, 0.5) is 13.2 Å². The molecule has 0 spiro atoms. The summed E-state index contributed by atoms with van der Waals surface area (Å²) in [5, 5.41) is 14.5. The van der Waals surface area contributed by atoms with Gasteiger partial charge in [-0.3, -0.25) is 0 Å². The minimum atomic E-state index is -4.59. The molecule has 0 aliphatic carbocycles. The molecule has 0 aromatic rings. The van der Waals surface area contributed by atoms with Gasteiger partial charge in [-0.1, -0.05) is 0 Å². The SMILES string of the molecule is CC1(C#N)N=N[C]=C1C(F)(F)F. The third-order valence-electron chi connectivity index (χ3n) is 1.40. The standard InChI is InChI=1S/C6H3F3N3/c1-5(3-10)4(2-11-12-5)6(7,8)9/h1H3. The predicted molar refractivity (Wildman–Crippen MR) is 31.7 cm³/mol. The van der Waals surface area contributed by atoms with Crippen molar-refractivity contribution in [1.29, 1.82) is 5.26 Å². The van der Waals surface area contributed by atoms with E-state index in [1.165, 1.54) is 6.07 Å². The lowest BCUT2D eigenvalue weighted by atomic mass is 9.96. The van der Waals surface area contributed by atoms with Gasteiger partial charge in [-0.25, -0.2) is 0 Å². The van der Waals surface area contributed by atoms with Crippen LogP contribution in [-0.4, -0.2) is 11.7 Å². The molecule has 0 N–H and O–H groups in total. The molecule has 3 nitrogen and oxygen atoms in total. The molecule has 1 atom stereocenters. The first-order valence-electron chi connectivity index (χ1n) is 2.94. The molecular weight excluding hydrogens is 171 g/mol. The van der Waals surface area contributed by atoms with Crippen molar-refractivity contribution in [2.24, 2.45) is 10.2 Å². The van der Waals surface area contributed by atoms with Crippen LogP contribution in [0.2, 0.25) is 0 Å². The highest BCUT2D eigenvalue weighted by Gasteiger charge is 2.49. The highest BCUT2D eigenvalue weighted by molar-refractivity contribution is 5.32. The molecule has 0 saturated carbocycles. The largest absolute Gasteiger partial charge is 0.418 e. The van der Waals surface area contributed by atoms with Gasteiger partial charge in [0.05, 0.1) is 6.07 Å². The Morgan fingerprint density at radius 1 is 1.58 bits per heavy atom. The topological polar surface area (TPSA) is 48.5 Å². The zero-order valence-corrected chi connectivity index (χ0v) is 5.98. The van der Waals surface area contributed by atoms with Gasteiger partial charge in [-0.05, 0) is 6.92 Å². The van der Waals surface area contributed by atoms with Crippen molar-refractivity contribution in [2.75, 3.05) is 0 Å². The summed E-state index contributed by atoms with van der Waals surface area (Å²) in [6.45, 7) is 1.04. The molecule has 6 heteroatoms. The summed E-state index contributed by atoms with van der Waals surface area (Å²) in [6, 6.07) is 1.42. The average Bonchev–Trinajstić information content (AvgIpc) is 2.31. The summed E-state index contributed by atoms with van der Waals surface area (Å²) in [4.78, 5) is 0. The van der Waals surface area contributed by atoms with Crippen molar-refractivity contribution in [3.05, 3.63) is 11.8 Å². The number of nitrogens with zero attached hydrogens (tertiary/aromatic N) is 3. The third kappa shape index (κ3) is 1.18. The monoisotopic (exact) mass is 174 g/mol. The molecule has 1 rings (SSSR count). The van der Waals surface area contributed by atoms with Gasteiger partial charge in [-0.2, -0.15) is 28.7 Å². The fourth-order valence-corrected chi connectivity index (χ4v) is 0.751. The second kappa shape index (κ2) is 2.30. The molecule has 1 heterocycles. The van der Waals surface area contributed by atoms with Crippen LogP contribution in [0.3, 0.4) is 0 Å². The first-order valence-corrected chi connectivity index (χ1v) is 2.94. The lowest BCUT2D eigenvalue weighted by Crippen LogP contribution is -2.30. The van der Waals surface area contributed by atoms with Gasteiger partial charge in [0.2, 0.25) is 0 Å².